The zero-order valence-corrected chi connectivity index (χ0v) is 13.4. The lowest BCUT2D eigenvalue weighted by Gasteiger charge is -2.15. The van der Waals surface area contributed by atoms with Crippen molar-refractivity contribution in [2.75, 3.05) is 6.67 Å². The van der Waals surface area contributed by atoms with Crippen LogP contribution >= 0.6 is 11.6 Å². The van der Waals surface area contributed by atoms with Crippen LogP contribution in [0.15, 0.2) is 46.2 Å². The Kier molecular flexibility index (Phi) is 4.71. The molecule has 0 unspecified atom stereocenters. The molecule has 2 aliphatic rings. The number of rotatable bonds is 5. The number of hydrogen-bond donors (Lipinski definition) is 0. The van der Waals surface area contributed by atoms with Gasteiger partial charge in [0.15, 0.2) is 5.82 Å². The topological polar surface area (TPSA) is 69.8 Å². The van der Waals surface area contributed by atoms with Crippen LogP contribution in [0.4, 0.5) is 4.39 Å². The number of fused-ring (bicyclic) bond motifs is 1. The minimum absolute atomic E-state index is 0.0209. The largest absolute Gasteiger partial charge is 0.352 e. The number of halogens is 2. The first kappa shape index (κ1) is 16.3. The van der Waals surface area contributed by atoms with E-state index in [-0.39, 0.29) is 13.0 Å². The lowest BCUT2D eigenvalue weighted by molar-refractivity contribution is 0.438. The van der Waals surface area contributed by atoms with Gasteiger partial charge in [0.1, 0.15) is 5.15 Å². The Bertz CT molecular complexity index is 936. The van der Waals surface area contributed by atoms with E-state index >= 15 is 0 Å². The van der Waals surface area contributed by atoms with Crippen LogP contribution in [0, 0.1) is 0 Å². The molecule has 8 heteroatoms. The molecule has 0 N–H and O–H groups in total. The van der Waals surface area contributed by atoms with Crippen LogP contribution in [-0.2, 0) is 13.1 Å². The number of alkyl halides is 1. The Morgan fingerprint density at radius 2 is 2.04 bits per heavy atom. The molecule has 3 heterocycles. The van der Waals surface area contributed by atoms with Crippen molar-refractivity contribution in [1.29, 1.82) is 0 Å². The highest BCUT2D eigenvalue weighted by Gasteiger charge is 2.16. The Balaban J connectivity index is 2.06. The van der Waals surface area contributed by atoms with Gasteiger partial charge >= 0.3 is 5.69 Å². The average Bonchev–Trinajstić information content (AvgIpc) is 2.57. The number of aromatic nitrogens is 4. The molecule has 0 saturated heterocycles. The number of hydrogen-bond acceptors (Lipinski definition) is 4. The van der Waals surface area contributed by atoms with E-state index in [1.165, 1.54) is 0 Å². The van der Waals surface area contributed by atoms with Gasteiger partial charge in [-0.25, -0.2) is 9.78 Å². The number of nitrogens with zero attached hydrogens (tertiary/aromatic N) is 4. The standard InChI is InChI=1S/C16H14ClFN4O2/c17-13-5-4-11(9-19-13)10-21-7-1-3-12-14(21)20-16(24)22(15(12)23)8-2-6-18/h1,3-5,7,9H,2,6,8,10H2. The molecule has 0 fully saturated rings. The quantitative estimate of drug-likeness (QED) is 0.661. The van der Waals surface area contributed by atoms with Crippen LogP contribution in [0.25, 0.3) is 11.4 Å². The maximum atomic E-state index is 12.5. The van der Waals surface area contributed by atoms with Crippen molar-refractivity contribution >= 4 is 11.6 Å². The van der Waals surface area contributed by atoms with Crippen LogP contribution in [-0.4, -0.2) is 25.8 Å². The molecule has 124 valence electrons. The molecular weight excluding hydrogens is 335 g/mol. The van der Waals surface area contributed by atoms with Crippen molar-refractivity contribution in [2.45, 2.75) is 19.5 Å². The highest BCUT2D eigenvalue weighted by atomic mass is 35.5. The Morgan fingerprint density at radius 1 is 1.21 bits per heavy atom. The molecule has 0 saturated carbocycles. The van der Waals surface area contributed by atoms with Crippen molar-refractivity contribution in [2.24, 2.45) is 0 Å². The molecule has 0 amide bonds. The van der Waals surface area contributed by atoms with Gasteiger partial charge in [-0.1, -0.05) is 17.7 Å². The smallest absolute Gasteiger partial charge is 0.328 e. The van der Waals surface area contributed by atoms with E-state index in [4.69, 9.17) is 11.6 Å². The second-order valence-electron chi connectivity index (χ2n) is 5.26. The lowest BCUT2D eigenvalue weighted by Crippen LogP contribution is -2.38. The van der Waals surface area contributed by atoms with Crippen molar-refractivity contribution in [3.63, 3.8) is 0 Å². The van der Waals surface area contributed by atoms with E-state index in [0.29, 0.717) is 23.1 Å². The summed E-state index contributed by atoms with van der Waals surface area (Å²) in [5.74, 6) is 0.291. The summed E-state index contributed by atoms with van der Waals surface area (Å²) in [5, 5.41) is 0.386. The number of pyridine rings is 2. The summed E-state index contributed by atoms with van der Waals surface area (Å²) in [7, 11) is 0. The first-order chi connectivity index (χ1) is 11.6. The normalized spacial score (nSPS) is 11.1. The van der Waals surface area contributed by atoms with E-state index in [1.807, 2.05) is 6.07 Å². The van der Waals surface area contributed by atoms with Crippen LogP contribution in [0.3, 0.4) is 0 Å². The first-order valence-corrected chi connectivity index (χ1v) is 7.74. The van der Waals surface area contributed by atoms with Crippen LogP contribution in [0.5, 0.6) is 0 Å². The van der Waals surface area contributed by atoms with Crippen LogP contribution in [0.2, 0.25) is 5.15 Å². The summed E-state index contributed by atoms with van der Waals surface area (Å²) < 4.78 is 15.0. The maximum Gasteiger partial charge on any atom is 0.352 e. The van der Waals surface area contributed by atoms with Gasteiger partial charge in [-0.3, -0.25) is 13.8 Å². The van der Waals surface area contributed by atoms with Crippen molar-refractivity contribution in [3.05, 3.63) is 68.2 Å². The van der Waals surface area contributed by atoms with Crippen LogP contribution < -0.4 is 11.2 Å². The third-order valence-electron chi connectivity index (χ3n) is 3.61. The predicted molar refractivity (Wildman–Crippen MR) is 88.3 cm³/mol. The molecule has 0 aliphatic carbocycles. The summed E-state index contributed by atoms with van der Waals surface area (Å²) in [6, 6.07) is 6.78. The van der Waals surface area contributed by atoms with E-state index in [2.05, 4.69) is 9.97 Å². The van der Waals surface area contributed by atoms with Gasteiger partial charge < -0.3 is 4.57 Å². The molecule has 0 radical (unpaired) electrons. The fourth-order valence-corrected chi connectivity index (χ4v) is 2.57. The minimum Gasteiger partial charge on any atom is -0.328 e. The monoisotopic (exact) mass is 348 g/mol. The molecule has 3 rings (SSSR count). The van der Waals surface area contributed by atoms with E-state index in [0.717, 1.165) is 10.1 Å². The van der Waals surface area contributed by atoms with Gasteiger partial charge in [0, 0.05) is 18.9 Å². The summed E-state index contributed by atoms with van der Waals surface area (Å²) in [4.78, 5) is 32.6. The maximum absolute atomic E-state index is 12.5. The van der Waals surface area contributed by atoms with E-state index < -0.39 is 17.9 Å². The SMILES string of the molecule is O=c1nc2n(Cc3ccc(Cl)nc3)cccc-2c(=O)n1CCCF. The zero-order valence-electron chi connectivity index (χ0n) is 12.7. The molecule has 0 aromatic carbocycles. The molecule has 2 aliphatic heterocycles. The molecule has 0 bridgehead atoms. The van der Waals surface area contributed by atoms with Gasteiger partial charge in [-0.05, 0) is 30.2 Å². The third-order valence-corrected chi connectivity index (χ3v) is 3.83. The fraction of sp³-hybridized carbons (Fsp3) is 0.250. The Labute approximate surface area is 141 Å². The van der Waals surface area contributed by atoms with Crippen molar-refractivity contribution < 1.29 is 4.39 Å². The summed E-state index contributed by atoms with van der Waals surface area (Å²) >= 11 is 5.77. The molecule has 24 heavy (non-hydrogen) atoms. The third kappa shape index (κ3) is 3.21. The Hall–Kier alpha value is -2.54. The molecule has 0 spiro atoms. The molecule has 1 aromatic heterocycles. The molecule has 1 aromatic rings. The first-order valence-electron chi connectivity index (χ1n) is 7.36. The fourth-order valence-electron chi connectivity index (χ4n) is 2.46. The minimum atomic E-state index is -0.671. The predicted octanol–water partition coefficient (Wildman–Crippen LogP) is 1.97. The highest BCUT2D eigenvalue weighted by Crippen LogP contribution is 2.15. The summed E-state index contributed by atoms with van der Waals surface area (Å²) in [6.07, 6.45) is 3.45. The van der Waals surface area contributed by atoms with Gasteiger partial charge in [0.25, 0.3) is 5.56 Å². The van der Waals surface area contributed by atoms with Crippen LogP contribution in [0.1, 0.15) is 12.0 Å². The van der Waals surface area contributed by atoms with Gasteiger partial charge in [-0.15, -0.1) is 0 Å². The zero-order chi connectivity index (χ0) is 17.1. The van der Waals surface area contributed by atoms with E-state index in [1.54, 1.807) is 35.2 Å². The van der Waals surface area contributed by atoms with Crippen molar-refractivity contribution in [3.8, 4) is 11.4 Å². The Morgan fingerprint density at radius 3 is 2.75 bits per heavy atom. The molecule has 0 atom stereocenters. The lowest BCUT2D eigenvalue weighted by atomic mass is 10.2. The van der Waals surface area contributed by atoms with Gasteiger partial charge in [0.05, 0.1) is 18.8 Å². The van der Waals surface area contributed by atoms with E-state index in [9.17, 15) is 14.0 Å². The second kappa shape index (κ2) is 6.92. The second-order valence-corrected chi connectivity index (χ2v) is 5.64. The van der Waals surface area contributed by atoms with Gasteiger partial charge in [-0.2, -0.15) is 4.98 Å². The average molecular weight is 349 g/mol. The molecular formula is C16H14ClFN4O2. The van der Waals surface area contributed by atoms with Crippen molar-refractivity contribution in [1.82, 2.24) is 19.1 Å². The summed E-state index contributed by atoms with van der Waals surface area (Å²) in [6.45, 7) is -0.183. The highest BCUT2D eigenvalue weighted by molar-refractivity contribution is 6.29. The molecule has 6 nitrogen and oxygen atoms in total. The van der Waals surface area contributed by atoms with Gasteiger partial charge in [0.2, 0.25) is 0 Å². The summed E-state index contributed by atoms with van der Waals surface area (Å²) in [5.41, 5.74) is 0.0443.